The molecule has 17 N–H and O–H groups in total. The molecule has 66 heavy (non-hydrogen) atoms. The molecule has 0 fully saturated rings. The lowest BCUT2D eigenvalue weighted by Gasteiger charge is -2.30. The molecule has 0 heterocycles. The third-order valence-corrected chi connectivity index (χ3v) is 10.4. The van der Waals surface area contributed by atoms with Crippen molar-refractivity contribution in [2.75, 3.05) is 13.2 Å². The van der Waals surface area contributed by atoms with Crippen molar-refractivity contribution in [3.05, 3.63) is 0 Å². The maximum absolute atomic E-state index is 13.7. The van der Waals surface area contributed by atoms with Gasteiger partial charge in [0, 0.05) is 12.8 Å². The third kappa shape index (κ3) is 21.8. The second-order valence-electron chi connectivity index (χ2n) is 16.8. The number of nitrogens with two attached hydrogens (primary N) is 3. The number of aliphatic carboxylic acids is 2. The number of aliphatic hydroxyl groups excluding tert-OH is 1. The molecule has 25 heteroatoms. The van der Waals surface area contributed by atoms with Crippen molar-refractivity contribution in [3.8, 4) is 0 Å². The molecule has 0 aliphatic heterocycles. The van der Waals surface area contributed by atoms with Crippen LogP contribution in [0.15, 0.2) is 0 Å². The van der Waals surface area contributed by atoms with Crippen molar-refractivity contribution in [2.45, 2.75) is 161 Å². The first-order valence-electron chi connectivity index (χ1n) is 21.9. The average molecular weight is 944 g/mol. The zero-order valence-corrected chi connectivity index (χ0v) is 39.1. The molecule has 0 radical (unpaired) electrons. The lowest BCUT2D eigenvalue weighted by molar-refractivity contribution is -0.143. The van der Waals surface area contributed by atoms with Gasteiger partial charge in [-0.1, -0.05) is 48.0 Å². The number of aliphatic hydroxyl groups is 1. The summed E-state index contributed by atoms with van der Waals surface area (Å²) >= 11 is 0. The van der Waals surface area contributed by atoms with Crippen LogP contribution in [-0.2, 0) is 52.7 Å². The van der Waals surface area contributed by atoms with Gasteiger partial charge in [0.25, 0.3) is 0 Å². The fourth-order valence-electron chi connectivity index (χ4n) is 6.06. The van der Waals surface area contributed by atoms with Gasteiger partial charge in [0.2, 0.25) is 53.2 Å². The van der Waals surface area contributed by atoms with Crippen LogP contribution in [0, 0.1) is 17.8 Å². The van der Waals surface area contributed by atoms with Gasteiger partial charge in [0.15, 0.2) is 0 Å². The summed E-state index contributed by atoms with van der Waals surface area (Å²) < 4.78 is 0. The van der Waals surface area contributed by atoms with E-state index in [0.29, 0.717) is 12.8 Å². The fraction of sp³-hybridized carbons (Fsp3) is 0.732. The van der Waals surface area contributed by atoms with Crippen molar-refractivity contribution >= 4 is 65.1 Å². The molecule has 9 amide bonds. The lowest BCUT2D eigenvalue weighted by atomic mass is 9.95. The summed E-state index contributed by atoms with van der Waals surface area (Å²) in [7, 11) is 0. The number of carboxylic acid groups (broad SMARTS) is 2. The summed E-state index contributed by atoms with van der Waals surface area (Å²) in [6.07, 6.45) is -0.983. The summed E-state index contributed by atoms with van der Waals surface area (Å²) in [5.74, 6) is -12.0. The van der Waals surface area contributed by atoms with Gasteiger partial charge in [0.05, 0.1) is 12.6 Å². The van der Waals surface area contributed by atoms with Crippen LogP contribution in [0.2, 0.25) is 0 Å². The van der Waals surface area contributed by atoms with E-state index in [9.17, 15) is 63.0 Å². The van der Waals surface area contributed by atoms with Crippen LogP contribution >= 0.6 is 0 Å². The third-order valence-electron chi connectivity index (χ3n) is 10.4. The highest BCUT2D eigenvalue weighted by Crippen LogP contribution is 2.13. The van der Waals surface area contributed by atoms with E-state index in [1.165, 1.54) is 13.8 Å². The van der Waals surface area contributed by atoms with E-state index in [0.717, 1.165) is 0 Å². The smallest absolute Gasteiger partial charge is 0.326 e. The Labute approximate surface area is 384 Å². The first-order chi connectivity index (χ1) is 30.7. The van der Waals surface area contributed by atoms with Gasteiger partial charge >= 0.3 is 11.9 Å². The van der Waals surface area contributed by atoms with Gasteiger partial charge in [0.1, 0.15) is 48.3 Å². The van der Waals surface area contributed by atoms with Crippen molar-refractivity contribution in [1.29, 1.82) is 0 Å². The highest BCUT2D eigenvalue weighted by atomic mass is 16.4. The van der Waals surface area contributed by atoms with Crippen LogP contribution in [-0.4, -0.2) is 148 Å². The van der Waals surface area contributed by atoms with E-state index in [4.69, 9.17) is 22.3 Å². The average Bonchev–Trinajstić information content (AvgIpc) is 3.23. The molecule has 25 nitrogen and oxygen atoms in total. The van der Waals surface area contributed by atoms with Crippen LogP contribution in [0.5, 0.6) is 0 Å². The Balaban J connectivity index is 6.27. The van der Waals surface area contributed by atoms with Crippen LogP contribution in [0.4, 0.5) is 0 Å². The molecular formula is C41H73N11O14. The minimum Gasteiger partial charge on any atom is -0.481 e. The molecule has 0 bridgehead atoms. The number of carbonyl (C=O) groups excluding carboxylic acids is 9. The molecule has 0 saturated heterocycles. The number of primary amides is 1. The van der Waals surface area contributed by atoms with E-state index in [2.05, 4.69) is 42.5 Å². The summed E-state index contributed by atoms with van der Waals surface area (Å²) in [4.78, 5) is 141. The topological polar surface area (TPSA) is 423 Å². The molecule has 0 saturated carbocycles. The van der Waals surface area contributed by atoms with Gasteiger partial charge < -0.3 is 75.1 Å². The molecule has 10 atom stereocenters. The predicted molar refractivity (Wildman–Crippen MR) is 237 cm³/mol. The second kappa shape index (κ2) is 30.3. The minimum atomic E-state index is -1.75. The van der Waals surface area contributed by atoms with Gasteiger partial charge in [-0.15, -0.1) is 0 Å². The number of nitrogens with one attached hydrogen (secondary N) is 8. The van der Waals surface area contributed by atoms with Gasteiger partial charge in [-0.2, -0.15) is 0 Å². The number of carboxylic acids is 2. The molecule has 376 valence electrons. The second-order valence-corrected chi connectivity index (χ2v) is 16.8. The number of unbranched alkanes of at least 4 members (excludes halogenated alkanes) is 1. The SMILES string of the molecule is CC[C@H](C)[C@H](NC(=O)[C@@H](NC(=O)[C@@H](NC(=O)[C@H](C)N)C(C)C)C(C)C)C(=O)N[C@@H](C)C(=O)N[C@@H](CCC(N)=O)C(=O)N[C@@H](CCCCN)C(=O)N[C@@H](CO)C(=O)N[C@@H](CCC(=O)O)C(=O)O. The zero-order valence-electron chi connectivity index (χ0n) is 39.1. The molecule has 0 aromatic heterocycles. The monoisotopic (exact) mass is 944 g/mol. The van der Waals surface area contributed by atoms with Crippen molar-refractivity contribution in [2.24, 2.45) is 35.0 Å². The lowest BCUT2D eigenvalue weighted by Crippen LogP contribution is -2.62. The Morgan fingerprint density at radius 3 is 1.36 bits per heavy atom. The molecule has 0 aliphatic carbocycles. The first kappa shape index (κ1) is 60.1. The van der Waals surface area contributed by atoms with Crippen LogP contribution in [0.25, 0.3) is 0 Å². The van der Waals surface area contributed by atoms with E-state index in [-0.39, 0.29) is 31.7 Å². The molecule has 0 aliphatic rings. The van der Waals surface area contributed by atoms with E-state index in [1.807, 2.05) is 0 Å². The highest BCUT2D eigenvalue weighted by molar-refractivity contribution is 5.98. The van der Waals surface area contributed by atoms with E-state index in [1.54, 1.807) is 41.5 Å². The molecule has 0 rings (SSSR count). The molecule has 0 spiro atoms. The van der Waals surface area contributed by atoms with E-state index < -0.39 is 157 Å². The number of amides is 9. The normalized spacial score (nSPS) is 15.7. The number of carbonyl (C=O) groups is 11. The van der Waals surface area contributed by atoms with Gasteiger partial charge in [-0.05, 0) is 70.3 Å². The summed E-state index contributed by atoms with van der Waals surface area (Å²) in [5.41, 5.74) is 16.6. The van der Waals surface area contributed by atoms with Crippen LogP contribution < -0.4 is 59.7 Å². The van der Waals surface area contributed by atoms with Crippen LogP contribution in [0.3, 0.4) is 0 Å². The summed E-state index contributed by atoms with van der Waals surface area (Å²) in [6, 6.07) is -12.1. The fourth-order valence-corrected chi connectivity index (χ4v) is 6.06. The number of hydrogen-bond donors (Lipinski definition) is 14. The van der Waals surface area contributed by atoms with Crippen molar-refractivity contribution in [1.82, 2.24) is 42.5 Å². The zero-order chi connectivity index (χ0) is 51.0. The Morgan fingerprint density at radius 1 is 0.500 bits per heavy atom. The van der Waals surface area contributed by atoms with E-state index >= 15 is 0 Å². The number of rotatable bonds is 32. The Kier molecular flexibility index (Phi) is 27.6. The Bertz CT molecular complexity index is 1700. The first-order valence-corrected chi connectivity index (χ1v) is 21.9. The largest absolute Gasteiger partial charge is 0.481 e. The Hall–Kier alpha value is -5.95. The van der Waals surface area contributed by atoms with Crippen molar-refractivity contribution in [3.63, 3.8) is 0 Å². The highest BCUT2D eigenvalue weighted by Gasteiger charge is 2.36. The molecule has 0 unspecified atom stereocenters. The van der Waals surface area contributed by atoms with Gasteiger partial charge in [-0.25, -0.2) is 4.79 Å². The minimum absolute atomic E-state index is 0.0830. The molecule has 0 aromatic rings. The number of hydrogen-bond acceptors (Lipinski definition) is 14. The van der Waals surface area contributed by atoms with Crippen molar-refractivity contribution < 1.29 is 68.1 Å². The van der Waals surface area contributed by atoms with Gasteiger partial charge in [-0.3, -0.25) is 47.9 Å². The maximum Gasteiger partial charge on any atom is 0.326 e. The molecular weight excluding hydrogens is 871 g/mol. The van der Waals surface area contributed by atoms with Crippen LogP contribution in [0.1, 0.15) is 107 Å². The predicted octanol–water partition coefficient (Wildman–Crippen LogP) is -4.07. The summed E-state index contributed by atoms with van der Waals surface area (Å²) in [6.45, 7) is 12.1. The Morgan fingerprint density at radius 2 is 0.924 bits per heavy atom. The molecule has 0 aromatic carbocycles. The standard InChI is InChI=1S/C41H73N11O14/c1-9-21(6)32(52-39(63)31(20(4)5)51-38(62)30(19(2)3)50-33(57)22(7)43)40(64)45-23(8)34(58)46-25(13-15-28(44)54)36(60)47-24(12-10-11-17-42)35(59)49-27(18-53)37(61)48-26(41(65)66)14-16-29(55)56/h19-27,30-32,53H,9-18,42-43H2,1-8H3,(H2,44,54)(H,45,64)(H,46,58)(H,47,60)(H,48,61)(H,49,59)(H,50,57)(H,51,62)(H,52,63)(H,55,56)(H,65,66)/t21-,22-,23-,24-,25-,26-,27-,30-,31-,32-/m0/s1. The quantitative estimate of drug-likeness (QED) is 0.0285. The summed E-state index contributed by atoms with van der Waals surface area (Å²) in [5, 5.41) is 47.8. The maximum atomic E-state index is 13.7.